The molecule has 0 bridgehead atoms. The lowest BCUT2D eigenvalue weighted by atomic mass is 10.0. The van der Waals surface area contributed by atoms with E-state index in [1.165, 1.54) is 5.56 Å². The highest BCUT2D eigenvalue weighted by Gasteiger charge is 2.25. The number of aromatic nitrogens is 3. The molecule has 1 amide bonds. The van der Waals surface area contributed by atoms with Crippen molar-refractivity contribution in [3.63, 3.8) is 0 Å². The van der Waals surface area contributed by atoms with Crippen LogP contribution in [-0.4, -0.2) is 38.7 Å². The zero-order chi connectivity index (χ0) is 23.9. The molecule has 0 spiro atoms. The molecule has 0 aliphatic carbocycles. The molecule has 0 saturated heterocycles. The largest absolute Gasteiger partial charge is 0.489 e. The monoisotopic (exact) mass is 461 g/mol. The third-order valence-corrected chi connectivity index (χ3v) is 6.10. The number of fused-ring (bicyclic) bond motifs is 1. The van der Waals surface area contributed by atoms with Gasteiger partial charge in [-0.1, -0.05) is 56.3 Å². The number of ether oxygens (including phenoxy) is 1. The number of carbonyl (C=O) groups excluding carboxylic acids is 1. The Hall–Kier alpha value is -3.19. The highest BCUT2D eigenvalue weighted by atomic mass is 16.5. The molecule has 1 aliphatic rings. The summed E-state index contributed by atoms with van der Waals surface area (Å²) in [4.78, 5) is 14.2. The van der Waals surface area contributed by atoms with Crippen LogP contribution in [0.4, 0.5) is 0 Å². The predicted molar refractivity (Wildman–Crippen MR) is 132 cm³/mol. The van der Waals surface area contributed by atoms with Crippen molar-refractivity contribution in [1.29, 1.82) is 0 Å². The van der Waals surface area contributed by atoms with Gasteiger partial charge in [0.15, 0.2) is 5.82 Å². The molecule has 1 N–H and O–H groups in total. The fourth-order valence-electron chi connectivity index (χ4n) is 4.48. The van der Waals surface area contributed by atoms with E-state index in [4.69, 9.17) is 4.74 Å². The molecule has 0 saturated carbocycles. The number of amides is 1. The maximum atomic E-state index is 11.8. The topological polar surface area (TPSA) is 72.3 Å². The maximum absolute atomic E-state index is 11.8. The van der Waals surface area contributed by atoms with E-state index < -0.39 is 0 Å². The van der Waals surface area contributed by atoms with Crippen LogP contribution >= 0.6 is 0 Å². The summed E-state index contributed by atoms with van der Waals surface area (Å²) in [6, 6.07) is 18.5. The molecule has 1 aliphatic heterocycles. The third-order valence-electron chi connectivity index (χ3n) is 6.10. The Balaban J connectivity index is 1.39. The summed E-state index contributed by atoms with van der Waals surface area (Å²) in [6.07, 6.45) is 1.68. The van der Waals surface area contributed by atoms with Crippen LogP contribution in [0.25, 0.3) is 0 Å². The van der Waals surface area contributed by atoms with Crippen molar-refractivity contribution < 1.29 is 9.53 Å². The van der Waals surface area contributed by atoms with Crippen LogP contribution in [0.1, 0.15) is 56.0 Å². The van der Waals surface area contributed by atoms with Crippen LogP contribution in [0, 0.1) is 5.92 Å². The first-order valence-corrected chi connectivity index (χ1v) is 12.1. The van der Waals surface area contributed by atoms with Gasteiger partial charge in [-0.2, -0.15) is 0 Å². The number of rotatable bonds is 9. The molecule has 2 heterocycles. The van der Waals surface area contributed by atoms with Crippen molar-refractivity contribution in [2.24, 2.45) is 5.92 Å². The van der Waals surface area contributed by atoms with Gasteiger partial charge >= 0.3 is 0 Å². The third kappa shape index (κ3) is 6.44. The number of nitrogens with zero attached hydrogens (tertiary/aromatic N) is 4. The Morgan fingerprint density at radius 3 is 2.59 bits per heavy atom. The van der Waals surface area contributed by atoms with Gasteiger partial charge in [0.1, 0.15) is 18.2 Å². The molecular formula is C27H35N5O2. The Bertz CT molecular complexity index is 1080. The molecule has 4 rings (SSSR count). The fraction of sp³-hybridized carbons (Fsp3) is 0.444. The van der Waals surface area contributed by atoms with Gasteiger partial charge in [0.05, 0.1) is 6.04 Å². The standard InChI is InChI=1S/C27H35N5O2/c1-20(2)16-25(28-21(3)33)27-30-29-26-12-13-31(14-15-32(26)27)18-23-10-7-11-24(17-23)34-19-22-8-5-4-6-9-22/h4-11,17,20,25H,12-16,18-19H2,1-3H3,(H,28,33)/t25-/m1/s1. The highest BCUT2D eigenvalue weighted by molar-refractivity contribution is 5.73. The summed E-state index contributed by atoms with van der Waals surface area (Å²) < 4.78 is 8.23. The molecule has 7 heteroatoms. The van der Waals surface area contributed by atoms with E-state index in [0.717, 1.165) is 62.0 Å². The maximum Gasteiger partial charge on any atom is 0.217 e. The molecular weight excluding hydrogens is 426 g/mol. The van der Waals surface area contributed by atoms with E-state index >= 15 is 0 Å². The molecule has 180 valence electrons. The molecule has 3 aromatic rings. The molecule has 0 unspecified atom stereocenters. The minimum atomic E-state index is -0.108. The van der Waals surface area contributed by atoms with Gasteiger partial charge in [-0.3, -0.25) is 9.69 Å². The second kappa shape index (κ2) is 11.3. The molecule has 2 aromatic carbocycles. The average Bonchev–Trinajstić information content (AvgIpc) is 3.12. The summed E-state index contributed by atoms with van der Waals surface area (Å²) in [6.45, 7) is 9.95. The van der Waals surface area contributed by atoms with Gasteiger partial charge < -0.3 is 14.6 Å². The molecule has 1 aromatic heterocycles. The summed E-state index contributed by atoms with van der Waals surface area (Å²) in [5, 5.41) is 12.0. The van der Waals surface area contributed by atoms with Gasteiger partial charge in [-0.25, -0.2) is 0 Å². The lowest BCUT2D eigenvalue weighted by Gasteiger charge is -2.22. The van der Waals surface area contributed by atoms with Crippen molar-refractivity contribution in [2.45, 2.75) is 59.4 Å². The van der Waals surface area contributed by atoms with E-state index in [1.807, 2.05) is 24.3 Å². The van der Waals surface area contributed by atoms with Gasteiger partial charge in [-0.15, -0.1) is 10.2 Å². The van der Waals surface area contributed by atoms with Crippen molar-refractivity contribution >= 4 is 5.91 Å². The second-order valence-corrected chi connectivity index (χ2v) is 9.46. The second-order valence-electron chi connectivity index (χ2n) is 9.46. The first-order chi connectivity index (χ1) is 16.5. The summed E-state index contributed by atoms with van der Waals surface area (Å²) in [7, 11) is 0. The average molecular weight is 462 g/mol. The van der Waals surface area contributed by atoms with Gasteiger partial charge in [0, 0.05) is 39.5 Å². The van der Waals surface area contributed by atoms with Gasteiger partial charge in [-0.05, 0) is 35.6 Å². The van der Waals surface area contributed by atoms with E-state index in [2.05, 4.69) is 69.2 Å². The van der Waals surface area contributed by atoms with Crippen molar-refractivity contribution in [1.82, 2.24) is 25.0 Å². The van der Waals surface area contributed by atoms with Crippen LogP contribution < -0.4 is 10.1 Å². The summed E-state index contributed by atoms with van der Waals surface area (Å²) >= 11 is 0. The Morgan fingerprint density at radius 1 is 1.03 bits per heavy atom. The van der Waals surface area contributed by atoms with Crippen LogP contribution in [-0.2, 0) is 30.9 Å². The normalized spacial score (nSPS) is 14.9. The highest BCUT2D eigenvalue weighted by Crippen LogP contribution is 2.23. The molecule has 34 heavy (non-hydrogen) atoms. The molecule has 7 nitrogen and oxygen atoms in total. The van der Waals surface area contributed by atoms with Crippen LogP contribution in [0.2, 0.25) is 0 Å². The molecule has 1 atom stereocenters. The Labute approximate surface area is 202 Å². The number of nitrogens with one attached hydrogen (secondary N) is 1. The van der Waals surface area contributed by atoms with Crippen molar-refractivity contribution in [2.75, 3.05) is 13.1 Å². The van der Waals surface area contributed by atoms with E-state index in [1.54, 1.807) is 6.92 Å². The smallest absolute Gasteiger partial charge is 0.217 e. The zero-order valence-electron chi connectivity index (χ0n) is 20.4. The lowest BCUT2D eigenvalue weighted by molar-refractivity contribution is -0.119. The van der Waals surface area contributed by atoms with E-state index in [-0.39, 0.29) is 11.9 Å². The van der Waals surface area contributed by atoms with E-state index in [9.17, 15) is 4.79 Å². The lowest BCUT2D eigenvalue weighted by Crippen LogP contribution is -2.31. The van der Waals surface area contributed by atoms with Crippen LogP contribution in [0.3, 0.4) is 0 Å². The SMILES string of the molecule is CC(=O)N[C@H](CC(C)C)c1nnc2n1CCN(Cc1cccc(OCc3ccccc3)c1)CC2. The zero-order valence-corrected chi connectivity index (χ0v) is 20.4. The molecule has 0 fully saturated rings. The fourth-order valence-corrected chi connectivity index (χ4v) is 4.48. The number of benzene rings is 2. The minimum Gasteiger partial charge on any atom is -0.489 e. The van der Waals surface area contributed by atoms with Gasteiger partial charge in [0.25, 0.3) is 0 Å². The number of hydrogen-bond donors (Lipinski definition) is 1. The first kappa shape index (κ1) is 24.0. The van der Waals surface area contributed by atoms with E-state index in [0.29, 0.717) is 12.5 Å². The Morgan fingerprint density at radius 2 is 1.82 bits per heavy atom. The minimum absolute atomic E-state index is 0.0346. The first-order valence-electron chi connectivity index (χ1n) is 12.1. The number of carbonyl (C=O) groups is 1. The van der Waals surface area contributed by atoms with Crippen LogP contribution in [0.5, 0.6) is 5.75 Å². The van der Waals surface area contributed by atoms with Gasteiger partial charge in [0.2, 0.25) is 5.91 Å². The van der Waals surface area contributed by atoms with Crippen molar-refractivity contribution in [3.05, 3.63) is 77.4 Å². The quantitative estimate of drug-likeness (QED) is 0.519. The summed E-state index contributed by atoms with van der Waals surface area (Å²) in [5.41, 5.74) is 2.40. The predicted octanol–water partition coefficient (Wildman–Crippen LogP) is 4.14. The summed E-state index contributed by atoms with van der Waals surface area (Å²) in [5.74, 6) is 3.17. The molecule has 0 radical (unpaired) electrons. The van der Waals surface area contributed by atoms with Crippen molar-refractivity contribution in [3.8, 4) is 5.75 Å². The Kier molecular flexibility index (Phi) is 7.95. The van der Waals surface area contributed by atoms with Crippen LogP contribution in [0.15, 0.2) is 54.6 Å². The number of hydrogen-bond acceptors (Lipinski definition) is 5.